The quantitative estimate of drug-likeness (QED) is 0.258. The molecule has 0 aromatic carbocycles. The molecule has 0 aromatic rings. The second-order valence-corrected chi connectivity index (χ2v) is 3.99. The minimum absolute atomic E-state index is 0.648. The van der Waals surface area contributed by atoms with Crippen molar-refractivity contribution in [3.8, 4) is 0 Å². The van der Waals surface area contributed by atoms with Gasteiger partial charge in [-0.2, -0.15) is 17.7 Å². The maximum absolute atomic E-state index is 10.5. The summed E-state index contributed by atoms with van der Waals surface area (Å²) in [6, 6.07) is -0.995. The Morgan fingerprint density at radius 2 is 2.00 bits per heavy atom. The lowest BCUT2D eigenvalue weighted by Crippen LogP contribution is -2.58. The van der Waals surface area contributed by atoms with E-state index >= 15 is 0 Å². The first-order valence-electron chi connectivity index (χ1n) is 3.00. The fourth-order valence-electron chi connectivity index (χ4n) is 0.795. The molecule has 0 aliphatic heterocycles. The molecule has 1 atom stereocenters. The van der Waals surface area contributed by atoms with Crippen molar-refractivity contribution >= 4 is 18.6 Å². The van der Waals surface area contributed by atoms with E-state index < -0.39 is 16.8 Å². The van der Waals surface area contributed by atoms with Gasteiger partial charge in [-0.1, -0.05) is 0 Å². The molecule has 66 valence electrons. The largest absolute Gasteiger partial charge is 0.480 e. The zero-order valence-corrected chi connectivity index (χ0v) is 7.38. The molecule has 5 N–H and O–H groups in total. The van der Waals surface area contributed by atoms with Crippen molar-refractivity contribution in [2.75, 3.05) is 0 Å². The van der Waals surface area contributed by atoms with Gasteiger partial charge in [0.05, 0.1) is 0 Å². The summed E-state index contributed by atoms with van der Waals surface area (Å²) in [5.41, 5.74) is 0. The third-order valence-electron chi connectivity index (χ3n) is 1.20. The summed E-state index contributed by atoms with van der Waals surface area (Å²) in [4.78, 5) is 10.5. The molecule has 0 aromatic heterocycles. The Bertz CT molecular complexity index is 154. The van der Waals surface area contributed by atoms with E-state index in [0.717, 1.165) is 0 Å². The Labute approximate surface area is 70.7 Å². The van der Waals surface area contributed by atoms with Crippen LogP contribution in [-0.2, 0) is 4.79 Å². The second kappa shape index (κ2) is 3.40. The first-order chi connectivity index (χ1) is 4.76. The minimum Gasteiger partial charge on any atom is -0.480 e. The van der Waals surface area contributed by atoms with E-state index in [1.165, 1.54) is 0 Å². The van der Waals surface area contributed by atoms with Crippen molar-refractivity contribution in [3.05, 3.63) is 0 Å². The monoisotopic (exact) mass is 179 g/mol. The SMILES string of the molecule is CC(C)(S)[C@@H](C(=O)O)N(N)N. The summed E-state index contributed by atoms with van der Waals surface area (Å²) in [7, 11) is 0. The van der Waals surface area contributed by atoms with Crippen LogP contribution in [0.15, 0.2) is 0 Å². The van der Waals surface area contributed by atoms with Crippen LogP contribution in [0.2, 0.25) is 0 Å². The Kier molecular flexibility index (Phi) is 3.30. The Hall–Kier alpha value is -0.300. The molecular formula is C5H13N3O2S. The van der Waals surface area contributed by atoms with Crippen molar-refractivity contribution in [2.45, 2.75) is 24.6 Å². The zero-order chi connectivity index (χ0) is 9.23. The van der Waals surface area contributed by atoms with Gasteiger partial charge in [0.15, 0.2) is 6.04 Å². The Morgan fingerprint density at radius 1 is 1.64 bits per heavy atom. The van der Waals surface area contributed by atoms with Crippen LogP contribution in [0, 0.1) is 0 Å². The molecular weight excluding hydrogens is 166 g/mol. The lowest BCUT2D eigenvalue weighted by molar-refractivity contribution is -0.144. The lowest BCUT2D eigenvalue weighted by atomic mass is 10.0. The van der Waals surface area contributed by atoms with E-state index in [1.54, 1.807) is 13.8 Å². The highest BCUT2D eigenvalue weighted by Gasteiger charge is 2.35. The molecule has 0 amide bonds. The number of hydrazine groups is 2. The van der Waals surface area contributed by atoms with Crippen molar-refractivity contribution in [3.63, 3.8) is 0 Å². The number of nitrogens with two attached hydrogens (primary N) is 2. The van der Waals surface area contributed by atoms with E-state index in [1.807, 2.05) is 0 Å². The van der Waals surface area contributed by atoms with Crippen molar-refractivity contribution < 1.29 is 9.90 Å². The third-order valence-corrected chi connectivity index (χ3v) is 1.45. The Morgan fingerprint density at radius 3 is 2.00 bits per heavy atom. The molecule has 0 unspecified atom stereocenters. The standard InChI is InChI=1S/C5H13N3O2S/c1-5(2,11)3(4(9)10)8(6)7/h3,11H,6-7H2,1-2H3,(H,9,10)/t3-/m1/s1. The van der Waals surface area contributed by atoms with E-state index in [9.17, 15) is 4.79 Å². The molecule has 0 aliphatic rings. The highest BCUT2D eigenvalue weighted by molar-refractivity contribution is 7.81. The number of carbonyl (C=O) groups is 1. The number of carboxylic acid groups (broad SMARTS) is 1. The predicted molar refractivity (Wildman–Crippen MR) is 44.7 cm³/mol. The van der Waals surface area contributed by atoms with Gasteiger partial charge in [-0.15, -0.1) is 0 Å². The van der Waals surface area contributed by atoms with Gasteiger partial charge in [0, 0.05) is 4.75 Å². The van der Waals surface area contributed by atoms with Crippen LogP contribution in [-0.4, -0.2) is 27.0 Å². The minimum atomic E-state index is -1.09. The average molecular weight is 179 g/mol. The zero-order valence-electron chi connectivity index (χ0n) is 6.48. The maximum Gasteiger partial charge on any atom is 0.325 e. The summed E-state index contributed by atoms with van der Waals surface area (Å²) >= 11 is 4.05. The smallest absolute Gasteiger partial charge is 0.325 e. The molecule has 0 heterocycles. The van der Waals surface area contributed by atoms with Crippen molar-refractivity contribution in [2.24, 2.45) is 11.7 Å². The second-order valence-electron chi connectivity index (χ2n) is 2.84. The van der Waals surface area contributed by atoms with Gasteiger partial charge in [-0.25, -0.2) is 0 Å². The summed E-state index contributed by atoms with van der Waals surface area (Å²) < 4.78 is -0.769. The van der Waals surface area contributed by atoms with Crippen LogP contribution in [0.5, 0.6) is 0 Å². The number of hydrogen-bond donors (Lipinski definition) is 4. The topological polar surface area (TPSA) is 92.6 Å². The van der Waals surface area contributed by atoms with Crippen LogP contribution in [0.3, 0.4) is 0 Å². The van der Waals surface area contributed by atoms with Gasteiger partial charge in [0.25, 0.3) is 0 Å². The van der Waals surface area contributed by atoms with Crippen LogP contribution >= 0.6 is 12.6 Å². The van der Waals surface area contributed by atoms with Gasteiger partial charge in [-0.05, 0) is 13.8 Å². The van der Waals surface area contributed by atoms with Crippen LogP contribution in [0.25, 0.3) is 0 Å². The number of rotatable bonds is 3. The molecule has 0 saturated heterocycles. The molecule has 0 spiro atoms. The molecule has 0 aliphatic carbocycles. The van der Waals surface area contributed by atoms with E-state index in [-0.39, 0.29) is 0 Å². The highest BCUT2D eigenvalue weighted by Crippen LogP contribution is 2.19. The first kappa shape index (κ1) is 10.7. The van der Waals surface area contributed by atoms with Crippen LogP contribution < -0.4 is 11.7 Å². The van der Waals surface area contributed by atoms with E-state index in [4.69, 9.17) is 16.8 Å². The number of nitrogens with zero attached hydrogens (tertiary/aromatic N) is 1. The molecule has 0 fully saturated rings. The van der Waals surface area contributed by atoms with Crippen molar-refractivity contribution in [1.29, 1.82) is 0 Å². The number of carboxylic acids is 1. The number of thiol groups is 1. The summed E-state index contributed by atoms with van der Waals surface area (Å²) in [6.07, 6.45) is 0. The highest BCUT2D eigenvalue weighted by atomic mass is 32.1. The molecule has 0 bridgehead atoms. The van der Waals surface area contributed by atoms with Gasteiger partial charge >= 0.3 is 5.97 Å². The van der Waals surface area contributed by atoms with E-state index in [0.29, 0.717) is 5.12 Å². The lowest BCUT2D eigenvalue weighted by Gasteiger charge is -2.29. The van der Waals surface area contributed by atoms with Gasteiger partial charge in [0.1, 0.15) is 0 Å². The molecule has 0 rings (SSSR count). The first-order valence-corrected chi connectivity index (χ1v) is 3.45. The Balaban J connectivity index is 4.49. The van der Waals surface area contributed by atoms with Crippen LogP contribution in [0.1, 0.15) is 13.8 Å². The van der Waals surface area contributed by atoms with Gasteiger partial charge in [-0.3, -0.25) is 16.5 Å². The number of aliphatic carboxylic acids is 1. The van der Waals surface area contributed by atoms with Gasteiger partial charge < -0.3 is 5.11 Å². The molecule has 0 saturated carbocycles. The number of hydrogen-bond acceptors (Lipinski definition) is 5. The molecule has 0 radical (unpaired) electrons. The fraction of sp³-hybridized carbons (Fsp3) is 0.800. The van der Waals surface area contributed by atoms with Crippen molar-refractivity contribution in [1.82, 2.24) is 5.12 Å². The molecule has 11 heavy (non-hydrogen) atoms. The molecule has 5 nitrogen and oxygen atoms in total. The fourth-order valence-corrected chi connectivity index (χ4v) is 1.04. The third kappa shape index (κ3) is 3.06. The van der Waals surface area contributed by atoms with E-state index in [2.05, 4.69) is 12.6 Å². The summed E-state index contributed by atoms with van der Waals surface area (Å²) in [5.74, 6) is 9.12. The molecule has 6 heteroatoms. The average Bonchev–Trinajstić information content (AvgIpc) is 1.54. The van der Waals surface area contributed by atoms with Gasteiger partial charge in [0.2, 0.25) is 0 Å². The summed E-state index contributed by atoms with van der Waals surface area (Å²) in [5, 5.41) is 9.28. The maximum atomic E-state index is 10.5. The van der Waals surface area contributed by atoms with Crippen LogP contribution in [0.4, 0.5) is 0 Å². The predicted octanol–water partition coefficient (Wildman–Crippen LogP) is -0.803. The summed E-state index contributed by atoms with van der Waals surface area (Å²) in [6.45, 7) is 3.25. The normalized spacial score (nSPS) is 15.1.